The van der Waals surface area contributed by atoms with E-state index in [9.17, 15) is 8.42 Å². The highest BCUT2D eigenvalue weighted by molar-refractivity contribution is 7.90. The van der Waals surface area contributed by atoms with E-state index in [0.29, 0.717) is 18.3 Å². The molecule has 1 rings (SSSR count). The van der Waals surface area contributed by atoms with Crippen LogP contribution in [0.4, 0.5) is 11.4 Å². The van der Waals surface area contributed by atoms with Gasteiger partial charge >= 0.3 is 0 Å². The zero-order valence-corrected chi connectivity index (χ0v) is 12.8. The molecule has 3 N–H and O–H groups in total. The molecule has 19 heavy (non-hydrogen) atoms. The van der Waals surface area contributed by atoms with Crippen molar-refractivity contribution in [2.45, 2.75) is 24.8 Å². The lowest BCUT2D eigenvalue weighted by Gasteiger charge is -2.21. The second-order valence-electron chi connectivity index (χ2n) is 4.99. The van der Waals surface area contributed by atoms with E-state index < -0.39 is 9.84 Å². The normalized spacial score (nSPS) is 12.1. The minimum absolute atomic E-state index is 0.176. The summed E-state index contributed by atoms with van der Waals surface area (Å²) in [5.41, 5.74) is 6.85. The van der Waals surface area contributed by atoms with E-state index in [1.165, 1.54) is 6.07 Å². The number of sulfone groups is 1. The monoisotopic (exact) mass is 285 g/mol. The van der Waals surface area contributed by atoms with Crippen LogP contribution in [0.2, 0.25) is 0 Å². The Bertz CT molecular complexity index is 527. The zero-order chi connectivity index (χ0) is 14.6. The van der Waals surface area contributed by atoms with E-state index in [2.05, 4.69) is 24.1 Å². The van der Waals surface area contributed by atoms with Crippen molar-refractivity contribution in [1.29, 1.82) is 0 Å². The highest BCUT2D eigenvalue weighted by atomic mass is 32.2. The van der Waals surface area contributed by atoms with Gasteiger partial charge < -0.3 is 16.0 Å². The van der Waals surface area contributed by atoms with Gasteiger partial charge in [0.25, 0.3) is 0 Å². The molecular formula is C13H23N3O2S. The Morgan fingerprint density at radius 1 is 1.37 bits per heavy atom. The molecule has 0 aliphatic carbocycles. The van der Waals surface area contributed by atoms with Crippen LogP contribution < -0.4 is 11.1 Å². The highest BCUT2D eigenvalue weighted by Crippen LogP contribution is 2.26. The summed E-state index contributed by atoms with van der Waals surface area (Å²) in [4.78, 5) is 2.37. The Hall–Kier alpha value is -1.27. The number of rotatable bonds is 6. The summed E-state index contributed by atoms with van der Waals surface area (Å²) in [5, 5.41) is 3.18. The van der Waals surface area contributed by atoms with Crippen molar-refractivity contribution in [3.8, 4) is 0 Å². The minimum atomic E-state index is -3.29. The van der Waals surface area contributed by atoms with Gasteiger partial charge in [0.05, 0.1) is 16.3 Å². The number of hydrogen-bond acceptors (Lipinski definition) is 5. The first-order valence-electron chi connectivity index (χ1n) is 6.26. The van der Waals surface area contributed by atoms with Gasteiger partial charge in [-0.1, -0.05) is 6.07 Å². The molecule has 1 aromatic rings. The van der Waals surface area contributed by atoms with E-state index in [1.54, 1.807) is 12.1 Å². The number of nitrogens with two attached hydrogens (primary N) is 1. The van der Waals surface area contributed by atoms with Crippen molar-refractivity contribution in [3.63, 3.8) is 0 Å². The Balaban J connectivity index is 2.76. The number of para-hydroxylation sites is 1. The Morgan fingerprint density at radius 2 is 2.00 bits per heavy atom. The van der Waals surface area contributed by atoms with Crippen LogP contribution in [-0.2, 0) is 9.84 Å². The van der Waals surface area contributed by atoms with Gasteiger partial charge in [-0.05, 0) is 33.0 Å². The van der Waals surface area contributed by atoms with Crippen molar-refractivity contribution in [1.82, 2.24) is 4.90 Å². The first-order valence-corrected chi connectivity index (χ1v) is 8.15. The number of likely N-dealkylation sites (N-methyl/N-ethyl adjacent to an activating group) is 1. The number of hydrogen-bond donors (Lipinski definition) is 2. The van der Waals surface area contributed by atoms with E-state index in [0.717, 1.165) is 12.8 Å². The van der Waals surface area contributed by atoms with Gasteiger partial charge in [0.2, 0.25) is 0 Å². The summed E-state index contributed by atoms with van der Waals surface area (Å²) >= 11 is 0. The van der Waals surface area contributed by atoms with Gasteiger partial charge in [-0.15, -0.1) is 0 Å². The molecule has 108 valence electrons. The zero-order valence-electron chi connectivity index (χ0n) is 12.0. The third-order valence-electron chi connectivity index (χ3n) is 3.13. The van der Waals surface area contributed by atoms with Crippen LogP contribution in [0, 0.1) is 0 Å². The Labute approximate surface area is 115 Å². The Morgan fingerprint density at radius 3 is 2.53 bits per heavy atom. The maximum Gasteiger partial charge on any atom is 0.177 e. The average molecular weight is 285 g/mol. The molecule has 0 heterocycles. The third-order valence-corrected chi connectivity index (χ3v) is 4.28. The molecule has 0 spiro atoms. The molecule has 0 saturated heterocycles. The van der Waals surface area contributed by atoms with Crippen molar-refractivity contribution in [2.24, 2.45) is 0 Å². The van der Waals surface area contributed by atoms with Gasteiger partial charge in [0.1, 0.15) is 0 Å². The van der Waals surface area contributed by atoms with Gasteiger partial charge in [0, 0.05) is 25.4 Å². The molecule has 0 saturated carbocycles. The topological polar surface area (TPSA) is 75.4 Å². The molecule has 0 aromatic heterocycles. The molecular weight excluding hydrogens is 262 g/mol. The standard InChI is InChI=1S/C13H23N3O2S/c1-10(2)16(3)9-8-15-11-6-5-7-12(13(11)14)19(4,17)18/h5-7,10,15H,8-9,14H2,1-4H3. The van der Waals surface area contributed by atoms with E-state index >= 15 is 0 Å². The van der Waals surface area contributed by atoms with Crippen LogP contribution in [0.1, 0.15) is 13.8 Å². The second kappa shape index (κ2) is 6.25. The van der Waals surface area contributed by atoms with Gasteiger partial charge in [-0.3, -0.25) is 0 Å². The number of nitrogens with zero attached hydrogens (tertiary/aromatic N) is 1. The summed E-state index contributed by atoms with van der Waals surface area (Å²) in [6, 6.07) is 5.48. The van der Waals surface area contributed by atoms with E-state index in [4.69, 9.17) is 5.73 Å². The molecule has 0 amide bonds. The van der Waals surface area contributed by atoms with Crippen LogP contribution >= 0.6 is 0 Å². The maximum atomic E-state index is 11.6. The SMILES string of the molecule is CC(C)N(C)CCNc1cccc(S(C)(=O)=O)c1N. The first-order chi connectivity index (χ1) is 8.73. The molecule has 0 fully saturated rings. The smallest absolute Gasteiger partial charge is 0.177 e. The summed E-state index contributed by atoms with van der Waals surface area (Å²) in [5.74, 6) is 0. The van der Waals surface area contributed by atoms with Crippen LogP contribution in [-0.4, -0.2) is 45.8 Å². The van der Waals surface area contributed by atoms with Crippen LogP contribution in [0.15, 0.2) is 23.1 Å². The lowest BCUT2D eigenvalue weighted by atomic mass is 10.2. The average Bonchev–Trinajstić information content (AvgIpc) is 2.29. The fourth-order valence-corrected chi connectivity index (χ4v) is 2.48. The summed E-state index contributed by atoms with van der Waals surface area (Å²) < 4.78 is 23.1. The Kier molecular flexibility index (Phi) is 5.20. The predicted molar refractivity (Wildman–Crippen MR) is 80.2 cm³/mol. The number of benzene rings is 1. The number of nitrogen functional groups attached to an aromatic ring is 1. The minimum Gasteiger partial charge on any atom is -0.396 e. The first kappa shape index (κ1) is 15.8. The molecule has 0 aliphatic heterocycles. The third kappa shape index (κ3) is 4.40. The quantitative estimate of drug-likeness (QED) is 0.773. The van der Waals surface area contributed by atoms with Gasteiger partial charge in [0.15, 0.2) is 9.84 Å². The predicted octanol–water partition coefficient (Wildman–Crippen LogP) is 1.42. The molecule has 0 atom stereocenters. The summed E-state index contributed by atoms with van der Waals surface area (Å²) in [7, 11) is -1.24. The van der Waals surface area contributed by atoms with Crippen LogP contribution in [0.3, 0.4) is 0 Å². The summed E-state index contributed by atoms with van der Waals surface area (Å²) in [6.45, 7) is 5.82. The number of anilines is 2. The molecule has 0 radical (unpaired) electrons. The van der Waals surface area contributed by atoms with Crippen LogP contribution in [0.25, 0.3) is 0 Å². The largest absolute Gasteiger partial charge is 0.396 e. The number of nitrogens with one attached hydrogen (secondary N) is 1. The lowest BCUT2D eigenvalue weighted by Crippen LogP contribution is -2.31. The van der Waals surface area contributed by atoms with Crippen LogP contribution in [0.5, 0.6) is 0 Å². The molecule has 0 unspecified atom stereocenters. The highest BCUT2D eigenvalue weighted by Gasteiger charge is 2.13. The van der Waals surface area contributed by atoms with Crippen molar-refractivity contribution in [2.75, 3.05) is 37.4 Å². The molecule has 0 aliphatic rings. The molecule has 1 aromatic carbocycles. The van der Waals surface area contributed by atoms with Crippen molar-refractivity contribution in [3.05, 3.63) is 18.2 Å². The van der Waals surface area contributed by atoms with Gasteiger partial charge in [-0.25, -0.2) is 8.42 Å². The fourth-order valence-electron chi connectivity index (χ4n) is 1.65. The fraction of sp³-hybridized carbons (Fsp3) is 0.538. The van der Waals surface area contributed by atoms with Gasteiger partial charge in [-0.2, -0.15) is 0 Å². The molecule has 5 nitrogen and oxygen atoms in total. The van der Waals surface area contributed by atoms with E-state index in [-0.39, 0.29) is 10.6 Å². The lowest BCUT2D eigenvalue weighted by molar-refractivity contribution is 0.284. The van der Waals surface area contributed by atoms with E-state index in [1.807, 2.05) is 7.05 Å². The molecule has 0 bridgehead atoms. The second-order valence-corrected chi connectivity index (χ2v) is 6.97. The maximum absolute atomic E-state index is 11.6. The van der Waals surface area contributed by atoms with Crippen molar-refractivity contribution < 1.29 is 8.42 Å². The molecule has 6 heteroatoms. The van der Waals surface area contributed by atoms with Crippen molar-refractivity contribution >= 4 is 21.2 Å². The summed E-state index contributed by atoms with van der Waals surface area (Å²) in [6.07, 6.45) is 1.16.